The van der Waals surface area contributed by atoms with Gasteiger partial charge in [-0.05, 0) is 24.8 Å². The average Bonchev–Trinajstić information content (AvgIpc) is 2.43. The van der Waals surface area contributed by atoms with Crippen LogP contribution < -0.4 is 4.90 Å². The number of hydrogen-bond acceptors (Lipinski definition) is 2. The Morgan fingerprint density at radius 1 is 1.21 bits per heavy atom. The summed E-state index contributed by atoms with van der Waals surface area (Å²) in [6.07, 6.45) is 2.26. The van der Waals surface area contributed by atoms with Crippen LogP contribution in [-0.4, -0.2) is 18.4 Å². The highest BCUT2D eigenvalue weighted by atomic mass is 16.1. The first-order chi connectivity index (χ1) is 9.22. The molecule has 0 fully saturated rings. The summed E-state index contributed by atoms with van der Waals surface area (Å²) in [5.74, 6) is 0.243. The molecule has 0 spiro atoms. The van der Waals surface area contributed by atoms with Gasteiger partial charge in [0, 0.05) is 22.7 Å². The molecule has 1 aliphatic heterocycles. The number of hydrogen-bond donors (Lipinski definition) is 0. The van der Waals surface area contributed by atoms with Crippen molar-refractivity contribution >= 4 is 22.2 Å². The topological polar surface area (TPSA) is 20.3 Å². The van der Waals surface area contributed by atoms with E-state index in [1.165, 1.54) is 5.69 Å². The molecule has 0 aliphatic carbocycles. The van der Waals surface area contributed by atoms with Crippen molar-refractivity contribution in [3.63, 3.8) is 0 Å². The van der Waals surface area contributed by atoms with Crippen LogP contribution in [0.1, 0.15) is 37.0 Å². The van der Waals surface area contributed by atoms with E-state index in [9.17, 15) is 4.79 Å². The van der Waals surface area contributed by atoms with E-state index in [-0.39, 0.29) is 5.78 Å². The zero-order valence-corrected chi connectivity index (χ0v) is 11.5. The Balaban J connectivity index is 2.20. The van der Waals surface area contributed by atoms with Crippen LogP contribution in [0, 0.1) is 0 Å². The van der Waals surface area contributed by atoms with E-state index in [4.69, 9.17) is 0 Å². The van der Waals surface area contributed by atoms with Crippen molar-refractivity contribution in [3.8, 4) is 0 Å². The molecule has 0 N–H and O–H groups in total. The second-order valence-corrected chi connectivity index (χ2v) is 5.37. The predicted octanol–water partition coefficient (Wildman–Crippen LogP) is 4.03. The SMILES string of the molecule is CCCC(C)N1CC(=O)c2cccc3cccc1c23. The third-order valence-corrected chi connectivity index (χ3v) is 4.05. The van der Waals surface area contributed by atoms with Gasteiger partial charge in [0.05, 0.1) is 6.54 Å². The summed E-state index contributed by atoms with van der Waals surface area (Å²) < 4.78 is 0. The van der Waals surface area contributed by atoms with Crippen LogP contribution in [0.3, 0.4) is 0 Å². The smallest absolute Gasteiger partial charge is 0.182 e. The fourth-order valence-corrected chi connectivity index (χ4v) is 3.08. The summed E-state index contributed by atoms with van der Waals surface area (Å²) in [6, 6.07) is 12.7. The highest BCUT2D eigenvalue weighted by Gasteiger charge is 2.26. The van der Waals surface area contributed by atoms with Crippen molar-refractivity contribution in [2.75, 3.05) is 11.4 Å². The molecule has 2 heteroatoms. The quantitative estimate of drug-likeness (QED) is 0.823. The second kappa shape index (κ2) is 4.69. The molecule has 2 aromatic rings. The van der Waals surface area contributed by atoms with Gasteiger partial charge in [0.1, 0.15) is 0 Å². The molecular formula is C17H19NO. The summed E-state index contributed by atoms with van der Waals surface area (Å²) in [6.45, 7) is 4.91. The van der Waals surface area contributed by atoms with Crippen LogP contribution in [0.5, 0.6) is 0 Å². The van der Waals surface area contributed by atoms with E-state index in [0.29, 0.717) is 12.6 Å². The van der Waals surface area contributed by atoms with Gasteiger partial charge in [-0.15, -0.1) is 0 Å². The molecule has 1 aliphatic rings. The lowest BCUT2D eigenvalue weighted by molar-refractivity contribution is 0.0996. The normalized spacial score (nSPS) is 15.9. The first-order valence-electron chi connectivity index (χ1n) is 7.04. The monoisotopic (exact) mass is 253 g/mol. The Bertz CT molecular complexity index is 627. The fourth-order valence-electron chi connectivity index (χ4n) is 3.08. The van der Waals surface area contributed by atoms with Gasteiger partial charge in [-0.25, -0.2) is 0 Å². The molecule has 0 saturated carbocycles. The van der Waals surface area contributed by atoms with Gasteiger partial charge < -0.3 is 4.90 Å². The molecule has 1 atom stereocenters. The largest absolute Gasteiger partial charge is 0.361 e. The Morgan fingerprint density at radius 2 is 1.95 bits per heavy atom. The van der Waals surface area contributed by atoms with Gasteiger partial charge in [-0.3, -0.25) is 4.79 Å². The lowest BCUT2D eigenvalue weighted by Crippen LogP contribution is -2.40. The van der Waals surface area contributed by atoms with Crippen LogP contribution in [0.2, 0.25) is 0 Å². The van der Waals surface area contributed by atoms with Gasteiger partial charge in [0.15, 0.2) is 5.78 Å². The number of ketones is 1. The molecule has 2 nitrogen and oxygen atoms in total. The number of Topliss-reactive ketones (excluding diaryl/α,β-unsaturated/α-hetero) is 1. The van der Waals surface area contributed by atoms with Crippen molar-refractivity contribution in [1.29, 1.82) is 0 Å². The molecule has 3 rings (SSSR count). The number of carbonyl (C=O) groups excluding carboxylic acids is 1. The molecule has 0 amide bonds. The lowest BCUT2D eigenvalue weighted by atomic mass is 9.94. The molecule has 0 bridgehead atoms. The van der Waals surface area contributed by atoms with Crippen LogP contribution in [0.15, 0.2) is 36.4 Å². The molecule has 1 heterocycles. The second-order valence-electron chi connectivity index (χ2n) is 5.37. The summed E-state index contributed by atoms with van der Waals surface area (Å²) in [5, 5.41) is 2.29. The highest BCUT2D eigenvalue weighted by Crippen LogP contribution is 2.35. The van der Waals surface area contributed by atoms with Gasteiger partial charge in [-0.1, -0.05) is 43.7 Å². The number of rotatable bonds is 3. The molecule has 0 saturated heterocycles. The van der Waals surface area contributed by atoms with Crippen molar-refractivity contribution in [2.24, 2.45) is 0 Å². The van der Waals surface area contributed by atoms with Crippen molar-refractivity contribution in [1.82, 2.24) is 0 Å². The Morgan fingerprint density at radius 3 is 2.68 bits per heavy atom. The third kappa shape index (κ3) is 1.92. The van der Waals surface area contributed by atoms with Crippen LogP contribution in [0.25, 0.3) is 10.8 Å². The maximum Gasteiger partial charge on any atom is 0.182 e. The van der Waals surface area contributed by atoms with E-state index < -0.39 is 0 Å². The minimum Gasteiger partial charge on any atom is -0.361 e. The molecule has 0 aromatic heterocycles. The maximum atomic E-state index is 12.3. The molecule has 1 unspecified atom stereocenters. The zero-order chi connectivity index (χ0) is 13.4. The van der Waals surface area contributed by atoms with E-state index in [0.717, 1.165) is 29.2 Å². The average molecular weight is 253 g/mol. The Labute approximate surface area is 114 Å². The Kier molecular flexibility index (Phi) is 3.02. The van der Waals surface area contributed by atoms with Crippen LogP contribution in [-0.2, 0) is 0 Å². The predicted molar refractivity (Wildman–Crippen MR) is 80.0 cm³/mol. The van der Waals surface area contributed by atoms with Gasteiger partial charge >= 0.3 is 0 Å². The van der Waals surface area contributed by atoms with Crippen LogP contribution in [0.4, 0.5) is 5.69 Å². The summed E-state index contributed by atoms with van der Waals surface area (Å²) in [5.41, 5.74) is 2.10. The lowest BCUT2D eigenvalue weighted by Gasteiger charge is -2.35. The van der Waals surface area contributed by atoms with E-state index in [2.05, 4.69) is 43.0 Å². The zero-order valence-electron chi connectivity index (χ0n) is 11.5. The molecule has 98 valence electrons. The molecule has 19 heavy (non-hydrogen) atoms. The minimum absolute atomic E-state index is 0.243. The molecular weight excluding hydrogens is 234 g/mol. The number of nitrogens with zero attached hydrogens (tertiary/aromatic N) is 1. The molecule has 2 aromatic carbocycles. The fraction of sp³-hybridized carbons (Fsp3) is 0.353. The minimum atomic E-state index is 0.243. The summed E-state index contributed by atoms with van der Waals surface area (Å²) in [4.78, 5) is 14.6. The first kappa shape index (κ1) is 12.2. The third-order valence-electron chi connectivity index (χ3n) is 4.05. The summed E-state index contributed by atoms with van der Waals surface area (Å²) in [7, 11) is 0. The van der Waals surface area contributed by atoms with Gasteiger partial charge in [0.25, 0.3) is 0 Å². The standard InChI is InChI=1S/C17H19NO/c1-3-6-12(2)18-11-16(19)14-9-4-7-13-8-5-10-15(18)17(13)14/h4-5,7-10,12H,3,6,11H2,1-2H3. The van der Waals surface area contributed by atoms with Gasteiger partial charge in [0.2, 0.25) is 0 Å². The van der Waals surface area contributed by atoms with Crippen molar-refractivity contribution in [2.45, 2.75) is 32.7 Å². The van der Waals surface area contributed by atoms with E-state index in [1.807, 2.05) is 12.1 Å². The van der Waals surface area contributed by atoms with Crippen molar-refractivity contribution < 1.29 is 4.79 Å². The van der Waals surface area contributed by atoms with E-state index >= 15 is 0 Å². The molecule has 0 radical (unpaired) electrons. The maximum absolute atomic E-state index is 12.3. The number of benzene rings is 2. The number of anilines is 1. The Hall–Kier alpha value is -1.83. The van der Waals surface area contributed by atoms with Crippen molar-refractivity contribution in [3.05, 3.63) is 42.0 Å². The highest BCUT2D eigenvalue weighted by molar-refractivity contribution is 6.17. The van der Waals surface area contributed by atoms with Gasteiger partial charge in [-0.2, -0.15) is 0 Å². The summed E-state index contributed by atoms with van der Waals surface area (Å²) >= 11 is 0. The first-order valence-corrected chi connectivity index (χ1v) is 7.04. The number of carbonyl (C=O) groups is 1. The van der Waals surface area contributed by atoms with Crippen LogP contribution >= 0.6 is 0 Å². The van der Waals surface area contributed by atoms with E-state index in [1.54, 1.807) is 0 Å².